The maximum absolute atomic E-state index is 4.73. The number of benzene rings is 3. The lowest BCUT2D eigenvalue weighted by atomic mass is 10.1. The van der Waals surface area contributed by atoms with Crippen molar-refractivity contribution in [2.24, 2.45) is 0 Å². The van der Waals surface area contributed by atoms with Crippen LogP contribution in [-0.4, -0.2) is 21.1 Å². The van der Waals surface area contributed by atoms with Crippen LogP contribution in [0, 0.1) is 0 Å². The molecular weight excluding hydrogens is 425 g/mol. The van der Waals surface area contributed by atoms with Gasteiger partial charge in [-0.2, -0.15) is 0 Å². The molecule has 0 unspecified atom stereocenters. The molecule has 0 saturated carbocycles. The lowest BCUT2D eigenvalue weighted by molar-refractivity contribution is 1.33. The fourth-order valence-corrected chi connectivity index (χ4v) is 18.4. The van der Waals surface area contributed by atoms with Gasteiger partial charge in [-0.25, -0.2) is 0 Å². The predicted molar refractivity (Wildman–Crippen MR) is 142 cm³/mol. The summed E-state index contributed by atoms with van der Waals surface area (Å²) in [6.45, 7) is 10.2. The Morgan fingerprint density at radius 1 is 0.613 bits per heavy atom. The standard InChI is InChI=1S/C27H26NPSi2/c1-30(2)23-14-7-5-12-21(23)29-22-13-6-8-15-24(22)31(3,4)26-18-19(17-25(30)27(26)29)20-11-9-10-16-28-20/h5-18H,1-4H3. The zero-order valence-corrected chi connectivity index (χ0v) is 21.4. The van der Waals surface area contributed by atoms with Gasteiger partial charge in [0.05, 0.1) is 5.69 Å². The van der Waals surface area contributed by atoms with Crippen LogP contribution >= 0.6 is 7.92 Å². The van der Waals surface area contributed by atoms with E-state index in [-0.39, 0.29) is 0 Å². The summed E-state index contributed by atoms with van der Waals surface area (Å²) >= 11 is 0. The van der Waals surface area contributed by atoms with Crippen LogP contribution in [0.25, 0.3) is 11.3 Å². The third-order valence-electron chi connectivity index (χ3n) is 7.28. The van der Waals surface area contributed by atoms with Crippen molar-refractivity contribution in [1.29, 1.82) is 0 Å². The topological polar surface area (TPSA) is 12.9 Å². The van der Waals surface area contributed by atoms with Crippen LogP contribution in [-0.2, 0) is 0 Å². The van der Waals surface area contributed by atoms with Crippen LogP contribution in [0.2, 0.25) is 26.2 Å². The van der Waals surface area contributed by atoms with Crippen molar-refractivity contribution in [3.8, 4) is 11.3 Å². The van der Waals surface area contributed by atoms with Gasteiger partial charge in [-0.05, 0) is 62.3 Å². The van der Waals surface area contributed by atoms with Crippen molar-refractivity contribution < 1.29 is 0 Å². The number of aromatic nitrogens is 1. The first-order valence-electron chi connectivity index (χ1n) is 11.0. The highest BCUT2D eigenvalue weighted by atomic mass is 31.1. The monoisotopic (exact) mass is 451 g/mol. The molecule has 0 fully saturated rings. The van der Waals surface area contributed by atoms with E-state index in [9.17, 15) is 0 Å². The zero-order chi connectivity index (χ0) is 21.4. The fourth-order valence-electron chi connectivity index (χ4n) is 5.56. The lowest BCUT2D eigenvalue weighted by Crippen LogP contribution is -2.75. The molecule has 3 aromatic carbocycles. The van der Waals surface area contributed by atoms with Crippen LogP contribution in [0.1, 0.15) is 0 Å². The Labute approximate surface area is 188 Å². The van der Waals surface area contributed by atoms with Gasteiger partial charge in [0.1, 0.15) is 16.1 Å². The number of fused-ring (bicyclic) bond motifs is 4. The molecule has 3 heterocycles. The minimum Gasteiger partial charge on any atom is -0.256 e. The van der Waals surface area contributed by atoms with Gasteiger partial charge in [0, 0.05) is 6.20 Å². The fraction of sp³-hybridized carbons (Fsp3) is 0.148. The molecule has 0 atom stereocenters. The van der Waals surface area contributed by atoms with Crippen molar-refractivity contribution in [2.45, 2.75) is 26.2 Å². The van der Waals surface area contributed by atoms with Gasteiger partial charge in [0.2, 0.25) is 0 Å². The van der Waals surface area contributed by atoms with Gasteiger partial charge in [-0.1, -0.05) is 92.9 Å². The van der Waals surface area contributed by atoms with E-state index in [0.29, 0.717) is 0 Å². The molecule has 1 nitrogen and oxygen atoms in total. The maximum Gasteiger partial charge on any atom is 0.113 e. The summed E-state index contributed by atoms with van der Waals surface area (Å²) in [6, 6.07) is 30.0. The van der Waals surface area contributed by atoms with Crippen LogP contribution in [0.4, 0.5) is 0 Å². The third kappa shape index (κ3) is 2.61. The van der Waals surface area contributed by atoms with Crippen LogP contribution in [0.5, 0.6) is 0 Å². The summed E-state index contributed by atoms with van der Waals surface area (Å²) in [5.41, 5.74) is 2.39. The van der Waals surface area contributed by atoms with Gasteiger partial charge in [-0.15, -0.1) is 0 Å². The van der Waals surface area contributed by atoms with Gasteiger partial charge in [-0.3, -0.25) is 4.98 Å². The minimum absolute atomic E-state index is 0.500. The molecule has 0 aliphatic carbocycles. The average Bonchev–Trinajstić information content (AvgIpc) is 2.79. The van der Waals surface area contributed by atoms with E-state index in [4.69, 9.17) is 4.98 Å². The first-order chi connectivity index (χ1) is 14.9. The number of nitrogens with zero attached hydrogens (tertiary/aromatic N) is 1. The van der Waals surface area contributed by atoms with Crippen molar-refractivity contribution in [2.75, 3.05) is 0 Å². The number of rotatable bonds is 1. The normalized spacial score (nSPS) is 17.4. The van der Waals surface area contributed by atoms with Gasteiger partial charge in [0.25, 0.3) is 0 Å². The molecule has 0 radical (unpaired) electrons. The van der Waals surface area contributed by atoms with Gasteiger partial charge >= 0.3 is 0 Å². The number of hydrogen-bond acceptors (Lipinski definition) is 1. The molecule has 2 aliphatic heterocycles. The van der Waals surface area contributed by atoms with E-state index in [1.807, 2.05) is 12.3 Å². The summed E-state index contributed by atoms with van der Waals surface area (Å²) in [5, 5.41) is 11.4. The Kier molecular flexibility index (Phi) is 4.11. The van der Waals surface area contributed by atoms with E-state index in [1.54, 1.807) is 36.7 Å². The Balaban J connectivity index is 1.77. The van der Waals surface area contributed by atoms with Crippen LogP contribution < -0.4 is 36.7 Å². The van der Waals surface area contributed by atoms with E-state index >= 15 is 0 Å². The molecule has 4 aromatic rings. The molecule has 6 rings (SSSR count). The zero-order valence-electron chi connectivity index (χ0n) is 18.5. The Bertz CT molecular complexity index is 1260. The molecule has 0 amide bonds. The molecule has 0 saturated heterocycles. The van der Waals surface area contributed by atoms with Crippen molar-refractivity contribution in [3.05, 3.63) is 85.1 Å². The Hall–Kier alpha value is -2.33. The second-order valence-electron chi connectivity index (χ2n) is 9.75. The van der Waals surface area contributed by atoms with E-state index in [0.717, 1.165) is 5.69 Å². The Morgan fingerprint density at radius 3 is 1.65 bits per heavy atom. The largest absolute Gasteiger partial charge is 0.256 e. The van der Waals surface area contributed by atoms with Crippen LogP contribution in [0.15, 0.2) is 85.1 Å². The second-order valence-corrected chi connectivity index (χ2v) is 20.5. The van der Waals surface area contributed by atoms with Crippen LogP contribution in [0.3, 0.4) is 0 Å². The first-order valence-corrected chi connectivity index (χ1v) is 18.3. The predicted octanol–water partition coefficient (Wildman–Crippen LogP) is 2.78. The van der Waals surface area contributed by atoms with E-state index < -0.39 is 24.1 Å². The highest BCUT2D eigenvalue weighted by molar-refractivity contribution is 7.83. The maximum atomic E-state index is 4.73. The smallest absolute Gasteiger partial charge is 0.113 e. The molecular formula is C27H26NPSi2. The summed E-state index contributed by atoms with van der Waals surface area (Å²) in [6.07, 6.45) is 1.92. The molecule has 0 bridgehead atoms. The lowest BCUT2D eigenvalue weighted by Gasteiger charge is -2.46. The molecule has 2 aliphatic rings. The molecule has 152 valence electrons. The molecule has 31 heavy (non-hydrogen) atoms. The highest BCUT2D eigenvalue weighted by Crippen LogP contribution is 2.38. The van der Waals surface area contributed by atoms with Gasteiger partial charge in [0.15, 0.2) is 0 Å². The van der Waals surface area contributed by atoms with Crippen molar-refractivity contribution in [3.63, 3.8) is 0 Å². The SMILES string of the molecule is C[Si]1(C)c2ccccc2P2c3ccccc3[Si](C)(C)c3cc(-c4ccccn4)cc1c32. The number of hydrogen-bond donors (Lipinski definition) is 0. The summed E-state index contributed by atoms with van der Waals surface area (Å²) < 4.78 is 0. The molecule has 0 N–H and O–H groups in total. The quantitative estimate of drug-likeness (QED) is 0.320. The van der Waals surface area contributed by atoms with E-state index in [2.05, 4.69) is 99.0 Å². The second kappa shape index (κ2) is 6.59. The van der Waals surface area contributed by atoms with Gasteiger partial charge < -0.3 is 0 Å². The highest BCUT2D eigenvalue weighted by Gasteiger charge is 2.47. The number of pyridine rings is 1. The van der Waals surface area contributed by atoms with Crippen molar-refractivity contribution >= 4 is 60.7 Å². The average molecular weight is 452 g/mol. The minimum atomic E-state index is -1.82. The first kappa shape index (κ1) is 19.4. The molecule has 4 heteroatoms. The third-order valence-corrected chi connectivity index (χ3v) is 17.8. The van der Waals surface area contributed by atoms with E-state index in [1.165, 1.54) is 5.56 Å². The molecule has 1 aromatic heterocycles. The summed E-state index contributed by atoms with van der Waals surface area (Å²) in [4.78, 5) is 4.73. The summed E-state index contributed by atoms with van der Waals surface area (Å²) in [5.74, 6) is 0. The molecule has 0 spiro atoms. The Morgan fingerprint density at radius 2 is 1.13 bits per heavy atom. The summed E-state index contributed by atoms with van der Waals surface area (Å²) in [7, 11) is -4.15. The van der Waals surface area contributed by atoms with Crippen molar-refractivity contribution in [1.82, 2.24) is 4.98 Å².